The molecule has 0 aliphatic heterocycles. The third kappa shape index (κ3) is 4.87. The Morgan fingerprint density at radius 1 is 1.35 bits per heavy atom. The van der Waals surface area contributed by atoms with Crippen molar-refractivity contribution in [2.45, 2.75) is 12.8 Å². The minimum atomic E-state index is -4.79. The second-order valence-corrected chi connectivity index (χ2v) is 3.35. The van der Waals surface area contributed by atoms with E-state index in [2.05, 4.69) is 16.6 Å². The summed E-state index contributed by atoms with van der Waals surface area (Å²) in [6.07, 6.45) is -4.46. The van der Waals surface area contributed by atoms with Crippen molar-refractivity contribution in [3.8, 4) is 23.3 Å². The van der Waals surface area contributed by atoms with Gasteiger partial charge in [-0.25, -0.2) is 0 Å². The van der Waals surface area contributed by atoms with Crippen LogP contribution < -0.4 is 4.74 Å². The normalized spacial score (nSPS) is 10.6. The van der Waals surface area contributed by atoms with Gasteiger partial charge in [-0.3, -0.25) is 0 Å². The number of halogens is 4. The monoisotopic (exact) mass is 264 g/mol. The van der Waals surface area contributed by atoms with Gasteiger partial charge < -0.3 is 9.84 Å². The summed E-state index contributed by atoms with van der Waals surface area (Å²) in [7, 11) is 0. The van der Waals surface area contributed by atoms with Crippen LogP contribution in [0.1, 0.15) is 12.0 Å². The lowest BCUT2D eigenvalue weighted by Crippen LogP contribution is -2.17. The predicted molar refractivity (Wildman–Crippen MR) is 57.0 cm³/mol. The molecule has 1 rings (SSSR count). The van der Waals surface area contributed by atoms with Crippen molar-refractivity contribution in [2.75, 3.05) is 5.88 Å². The van der Waals surface area contributed by atoms with E-state index < -0.39 is 12.1 Å². The number of aromatic hydroxyl groups is 1. The minimum absolute atomic E-state index is 0.0348. The molecule has 1 N–H and O–H groups in total. The number of alkyl halides is 4. The minimum Gasteiger partial charge on any atom is -0.508 e. The first kappa shape index (κ1) is 13.5. The molecule has 0 aromatic heterocycles. The van der Waals surface area contributed by atoms with Crippen molar-refractivity contribution in [2.24, 2.45) is 0 Å². The van der Waals surface area contributed by atoms with E-state index in [1.807, 2.05) is 0 Å². The first-order chi connectivity index (χ1) is 7.92. The molecule has 2 nitrogen and oxygen atoms in total. The highest BCUT2D eigenvalue weighted by atomic mass is 35.5. The van der Waals surface area contributed by atoms with Crippen LogP contribution in [0.4, 0.5) is 13.2 Å². The summed E-state index contributed by atoms with van der Waals surface area (Å²) in [5.74, 6) is 4.67. The molecule has 6 heteroatoms. The summed E-state index contributed by atoms with van der Waals surface area (Å²) in [6, 6.07) is 3.20. The quantitative estimate of drug-likeness (QED) is 0.656. The van der Waals surface area contributed by atoms with Gasteiger partial charge >= 0.3 is 6.36 Å². The smallest absolute Gasteiger partial charge is 0.508 e. The Labute approximate surface area is 101 Å². The SMILES string of the molecule is Oc1ccc(OC(F)(F)F)c(C#CCCCl)c1. The van der Waals surface area contributed by atoms with Crippen LogP contribution in [-0.4, -0.2) is 17.3 Å². The number of hydrogen-bond acceptors (Lipinski definition) is 2. The molecule has 0 unspecified atom stereocenters. The lowest BCUT2D eigenvalue weighted by Gasteiger charge is -2.10. The first-order valence-electron chi connectivity index (χ1n) is 4.56. The molecule has 0 saturated carbocycles. The largest absolute Gasteiger partial charge is 0.573 e. The summed E-state index contributed by atoms with van der Waals surface area (Å²) in [5.41, 5.74) is -0.0348. The van der Waals surface area contributed by atoms with Gasteiger partial charge in [0.25, 0.3) is 0 Å². The van der Waals surface area contributed by atoms with Crippen molar-refractivity contribution in [3.05, 3.63) is 23.8 Å². The van der Waals surface area contributed by atoms with E-state index in [1.54, 1.807) is 0 Å². The average molecular weight is 265 g/mol. The predicted octanol–water partition coefficient (Wildman–Crippen LogP) is 3.27. The summed E-state index contributed by atoms with van der Waals surface area (Å²) in [4.78, 5) is 0. The fourth-order valence-electron chi connectivity index (χ4n) is 1.03. The van der Waals surface area contributed by atoms with Crippen LogP contribution in [0.15, 0.2) is 18.2 Å². The van der Waals surface area contributed by atoms with Crippen molar-refractivity contribution < 1.29 is 23.0 Å². The summed E-state index contributed by atoms with van der Waals surface area (Å²) in [6.45, 7) is 0. The Morgan fingerprint density at radius 2 is 2.06 bits per heavy atom. The average Bonchev–Trinajstić information content (AvgIpc) is 2.20. The van der Waals surface area contributed by atoms with Crippen LogP contribution in [-0.2, 0) is 0 Å². The maximum Gasteiger partial charge on any atom is 0.573 e. The van der Waals surface area contributed by atoms with Gasteiger partial charge in [0.15, 0.2) is 0 Å². The lowest BCUT2D eigenvalue weighted by atomic mass is 10.2. The molecule has 0 bridgehead atoms. The molecule has 0 heterocycles. The molecule has 0 radical (unpaired) electrons. The second kappa shape index (κ2) is 5.69. The number of phenolic OH excluding ortho intramolecular Hbond substituents is 1. The molecule has 17 heavy (non-hydrogen) atoms. The standard InChI is InChI=1S/C11H8ClF3O2/c12-6-2-1-3-8-7-9(16)4-5-10(8)17-11(13,14)15/h4-5,7,16H,2,6H2. The van der Waals surface area contributed by atoms with Gasteiger partial charge in [-0.05, 0) is 18.2 Å². The molecule has 0 saturated heterocycles. The van der Waals surface area contributed by atoms with E-state index in [-0.39, 0.29) is 17.2 Å². The summed E-state index contributed by atoms with van der Waals surface area (Å²) in [5, 5.41) is 9.16. The van der Waals surface area contributed by atoms with Crippen LogP contribution in [0.25, 0.3) is 0 Å². The van der Waals surface area contributed by atoms with Gasteiger partial charge in [-0.15, -0.1) is 24.8 Å². The Morgan fingerprint density at radius 3 is 2.65 bits per heavy atom. The zero-order chi connectivity index (χ0) is 12.9. The van der Waals surface area contributed by atoms with Gasteiger partial charge in [-0.2, -0.15) is 0 Å². The molecule has 1 aromatic carbocycles. The molecular weight excluding hydrogens is 257 g/mol. The van der Waals surface area contributed by atoms with E-state index >= 15 is 0 Å². The second-order valence-electron chi connectivity index (χ2n) is 2.97. The lowest BCUT2D eigenvalue weighted by molar-refractivity contribution is -0.274. The van der Waals surface area contributed by atoms with Crippen LogP contribution in [0.2, 0.25) is 0 Å². The molecule has 0 fully saturated rings. The Bertz CT molecular complexity index is 446. The summed E-state index contributed by atoms with van der Waals surface area (Å²) >= 11 is 5.38. The van der Waals surface area contributed by atoms with Gasteiger partial charge in [0, 0.05) is 12.3 Å². The van der Waals surface area contributed by atoms with E-state index in [4.69, 9.17) is 16.7 Å². The molecule has 0 amide bonds. The number of benzene rings is 1. The van der Waals surface area contributed by atoms with E-state index in [0.29, 0.717) is 6.42 Å². The topological polar surface area (TPSA) is 29.5 Å². The van der Waals surface area contributed by atoms with Crippen LogP contribution in [0.3, 0.4) is 0 Å². The van der Waals surface area contributed by atoms with Crippen molar-refractivity contribution in [3.63, 3.8) is 0 Å². The zero-order valence-corrected chi connectivity index (χ0v) is 9.27. The van der Waals surface area contributed by atoms with Gasteiger partial charge in [-0.1, -0.05) is 11.8 Å². The van der Waals surface area contributed by atoms with Gasteiger partial charge in [0.2, 0.25) is 0 Å². The Hall–Kier alpha value is -1.54. The fourth-order valence-corrected chi connectivity index (χ4v) is 1.13. The number of rotatable bonds is 2. The first-order valence-corrected chi connectivity index (χ1v) is 5.09. The molecule has 0 atom stereocenters. The molecule has 1 aromatic rings. The van der Waals surface area contributed by atoms with Gasteiger partial charge in [0.1, 0.15) is 11.5 Å². The Balaban J connectivity index is 3.01. The van der Waals surface area contributed by atoms with Crippen LogP contribution >= 0.6 is 11.6 Å². The molecule has 0 aliphatic carbocycles. The van der Waals surface area contributed by atoms with Crippen LogP contribution in [0, 0.1) is 11.8 Å². The van der Waals surface area contributed by atoms with E-state index in [1.165, 1.54) is 0 Å². The highest BCUT2D eigenvalue weighted by Gasteiger charge is 2.32. The van der Waals surface area contributed by atoms with Crippen molar-refractivity contribution >= 4 is 11.6 Å². The molecule has 0 spiro atoms. The van der Waals surface area contributed by atoms with Crippen LogP contribution in [0.5, 0.6) is 11.5 Å². The molecule has 0 aliphatic rings. The van der Waals surface area contributed by atoms with Crippen molar-refractivity contribution in [1.29, 1.82) is 0 Å². The maximum absolute atomic E-state index is 12.1. The number of hydrogen-bond donors (Lipinski definition) is 1. The third-order valence-electron chi connectivity index (χ3n) is 1.63. The highest BCUT2D eigenvalue weighted by molar-refractivity contribution is 6.18. The van der Waals surface area contributed by atoms with Crippen molar-refractivity contribution in [1.82, 2.24) is 0 Å². The number of phenols is 1. The number of ether oxygens (including phenoxy) is 1. The maximum atomic E-state index is 12.1. The van der Waals surface area contributed by atoms with E-state index in [0.717, 1.165) is 18.2 Å². The highest BCUT2D eigenvalue weighted by Crippen LogP contribution is 2.28. The van der Waals surface area contributed by atoms with Gasteiger partial charge in [0.05, 0.1) is 5.56 Å². The summed E-state index contributed by atoms with van der Waals surface area (Å²) < 4.78 is 39.9. The Kier molecular flexibility index (Phi) is 4.53. The third-order valence-corrected chi connectivity index (χ3v) is 1.82. The molecule has 92 valence electrons. The zero-order valence-electron chi connectivity index (χ0n) is 8.51. The molecular formula is C11H8ClF3O2. The fraction of sp³-hybridized carbons (Fsp3) is 0.273. The van der Waals surface area contributed by atoms with E-state index in [9.17, 15) is 13.2 Å².